The molecule has 0 aliphatic rings. The normalized spacial score (nSPS) is 11.3. The Labute approximate surface area is 115 Å². The zero-order valence-corrected chi connectivity index (χ0v) is 11.3. The van der Waals surface area contributed by atoms with Crippen molar-refractivity contribution in [1.82, 2.24) is 0 Å². The van der Waals surface area contributed by atoms with Crippen LogP contribution in [-0.4, -0.2) is 8.42 Å². The van der Waals surface area contributed by atoms with E-state index in [-0.39, 0.29) is 11.4 Å². The first kappa shape index (κ1) is 14.3. The van der Waals surface area contributed by atoms with Crippen molar-refractivity contribution in [2.45, 2.75) is 11.8 Å². The van der Waals surface area contributed by atoms with Gasteiger partial charge in [0, 0.05) is 0 Å². The molecule has 2 aromatic rings. The fraction of sp³-hybridized carbons (Fsp3) is 0.0769. The highest BCUT2D eigenvalue weighted by Crippen LogP contribution is 2.26. The predicted molar refractivity (Wildman–Crippen MR) is 72.8 cm³/mol. The lowest BCUT2D eigenvalue weighted by Gasteiger charge is -2.12. The van der Waals surface area contributed by atoms with Crippen molar-refractivity contribution in [1.29, 1.82) is 0 Å². The molecule has 0 aliphatic carbocycles. The van der Waals surface area contributed by atoms with E-state index in [1.807, 2.05) is 0 Å². The van der Waals surface area contributed by atoms with Crippen molar-refractivity contribution in [3.05, 3.63) is 53.6 Å². The van der Waals surface area contributed by atoms with Crippen LogP contribution >= 0.6 is 0 Å². The van der Waals surface area contributed by atoms with Crippen molar-refractivity contribution in [3.63, 3.8) is 0 Å². The molecule has 0 atom stereocenters. The molecule has 0 aromatic heterocycles. The lowest BCUT2D eigenvalue weighted by Crippen LogP contribution is -2.17. The van der Waals surface area contributed by atoms with Crippen molar-refractivity contribution in [3.8, 4) is 0 Å². The Hall–Kier alpha value is -2.15. The molecule has 0 aliphatic heterocycles. The van der Waals surface area contributed by atoms with Crippen LogP contribution in [0.3, 0.4) is 0 Å². The van der Waals surface area contributed by atoms with E-state index < -0.39 is 26.6 Å². The van der Waals surface area contributed by atoms with Crippen LogP contribution in [0.15, 0.2) is 41.3 Å². The number of nitrogens with one attached hydrogen (secondary N) is 1. The zero-order chi connectivity index (χ0) is 14.9. The summed E-state index contributed by atoms with van der Waals surface area (Å²) < 4.78 is 53.2. The minimum Gasteiger partial charge on any atom is -0.398 e. The number of sulfonamides is 1. The molecule has 0 radical (unpaired) electrons. The van der Waals surface area contributed by atoms with Gasteiger partial charge in [-0.15, -0.1) is 0 Å². The summed E-state index contributed by atoms with van der Waals surface area (Å²) in [5, 5.41) is 0. The molecular formula is C13H12F2N2O2S. The second kappa shape index (κ2) is 5.09. The minimum atomic E-state index is -4.23. The summed E-state index contributed by atoms with van der Waals surface area (Å²) in [6, 6.07) is 7.20. The predicted octanol–water partition coefficient (Wildman–Crippen LogP) is 2.66. The quantitative estimate of drug-likeness (QED) is 0.856. The summed E-state index contributed by atoms with van der Waals surface area (Å²) >= 11 is 0. The summed E-state index contributed by atoms with van der Waals surface area (Å²) in [5.41, 5.74) is 5.82. The smallest absolute Gasteiger partial charge is 0.266 e. The Kier molecular flexibility index (Phi) is 3.63. The van der Waals surface area contributed by atoms with Crippen LogP contribution in [0.5, 0.6) is 0 Å². The average Bonchev–Trinajstić information content (AvgIpc) is 2.33. The summed E-state index contributed by atoms with van der Waals surface area (Å²) in [4.78, 5) is -0.649. The van der Waals surface area contributed by atoms with E-state index in [1.165, 1.54) is 24.3 Å². The molecule has 0 saturated heterocycles. The second-order valence-corrected chi connectivity index (χ2v) is 5.84. The molecule has 7 heteroatoms. The molecule has 0 heterocycles. The van der Waals surface area contributed by atoms with Gasteiger partial charge < -0.3 is 5.73 Å². The van der Waals surface area contributed by atoms with Crippen molar-refractivity contribution in [2.75, 3.05) is 10.5 Å². The van der Waals surface area contributed by atoms with E-state index in [9.17, 15) is 17.2 Å². The van der Waals surface area contributed by atoms with E-state index in [1.54, 1.807) is 6.92 Å². The molecule has 2 rings (SSSR count). The Morgan fingerprint density at radius 2 is 1.85 bits per heavy atom. The third kappa shape index (κ3) is 2.72. The van der Waals surface area contributed by atoms with Crippen molar-refractivity contribution in [2.24, 2.45) is 0 Å². The third-order valence-corrected chi connectivity index (χ3v) is 4.17. The fourth-order valence-corrected chi connectivity index (χ4v) is 3.02. The Bertz CT molecular complexity index is 741. The van der Waals surface area contributed by atoms with Crippen LogP contribution in [-0.2, 0) is 10.0 Å². The summed E-state index contributed by atoms with van der Waals surface area (Å²) in [5.74, 6) is -1.57. The number of nitrogen functional groups attached to an aromatic ring is 1. The highest BCUT2D eigenvalue weighted by atomic mass is 32.2. The summed E-state index contributed by atoms with van der Waals surface area (Å²) in [6.45, 7) is 1.60. The molecule has 20 heavy (non-hydrogen) atoms. The van der Waals surface area contributed by atoms with Gasteiger partial charge in [0.1, 0.15) is 16.5 Å². The van der Waals surface area contributed by atoms with E-state index in [0.29, 0.717) is 5.56 Å². The molecule has 2 aromatic carbocycles. The number of hydrogen-bond donors (Lipinski definition) is 2. The second-order valence-electron chi connectivity index (χ2n) is 4.22. The van der Waals surface area contributed by atoms with Gasteiger partial charge in [-0.25, -0.2) is 17.2 Å². The van der Waals surface area contributed by atoms with Crippen LogP contribution in [0.4, 0.5) is 20.2 Å². The number of rotatable bonds is 3. The molecule has 0 saturated carbocycles. The molecule has 106 valence electrons. The van der Waals surface area contributed by atoms with E-state index >= 15 is 0 Å². The van der Waals surface area contributed by atoms with E-state index in [0.717, 1.165) is 12.1 Å². The molecule has 4 nitrogen and oxygen atoms in total. The van der Waals surface area contributed by atoms with Gasteiger partial charge in [0.2, 0.25) is 0 Å². The Morgan fingerprint density at radius 1 is 1.15 bits per heavy atom. The van der Waals surface area contributed by atoms with Gasteiger partial charge in [-0.05, 0) is 36.8 Å². The lowest BCUT2D eigenvalue weighted by molar-refractivity contribution is 0.571. The number of anilines is 2. The van der Waals surface area contributed by atoms with Crippen molar-refractivity contribution < 1.29 is 17.2 Å². The monoisotopic (exact) mass is 298 g/mol. The van der Waals surface area contributed by atoms with Gasteiger partial charge in [0.25, 0.3) is 10.0 Å². The standard InChI is InChI=1S/C13H12F2N2O2S/c1-8-5-6-9(14)7-12(8)17-20(18,19)13-10(15)3-2-4-11(13)16/h2-7,17H,16H2,1H3. The minimum absolute atomic E-state index is 0.0349. The lowest BCUT2D eigenvalue weighted by atomic mass is 10.2. The first-order valence-corrected chi connectivity index (χ1v) is 7.12. The van der Waals surface area contributed by atoms with Gasteiger partial charge in [0.15, 0.2) is 0 Å². The molecule has 0 fully saturated rings. The average molecular weight is 298 g/mol. The van der Waals surface area contributed by atoms with E-state index in [4.69, 9.17) is 5.73 Å². The fourth-order valence-electron chi connectivity index (χ4n) is 1.71. The van der Waals surface area contributed by atoms with Crippen LogP contribution in [0.1, 0.15) is 5.56 Å². The highest BCUT2D eigenvalue weighted by Gasteiger charge is 2.23. The Morgan fingerprint density at radius 3 is 2.50 bits per heavy atom. The molecular weight excluding hydrogens is 286 g/mol. The third-order valence-electron chi connectivity index (χ3n) is 2.71. The largest absolute Gasteiger partial charge is 0.398 e. The van der Waals surface area contributed by atoms with Crippen LogP contribution in [0.25, 0.3) is 0 Å². The molecule has 0 spiro atoms. The van der Waals surface area contributed by atoms with Crippen LogP contribution < -0.4 is 10.5 Å². The topological polar surface area (TPSA) is 72.2 Å². The van der Waals surface area contributed by atoms with Gasteiger partial charge in [-0.1, -0.05) is 12.1 Å². The summed E-state index contributed by atoms with van der Waals surface area (Å²) in [6.07, 6.45) is 0. The van der Waals surface area contributed by atoms with Gasteiger partial charge in [-0.2, -0.15) is 0 Å². The molecule has 0 unspecified atom stereocenters. The first-order chi connectivity index (χ1) is 9.31. The van der Waals surface area contributed by atoms with Gasteiger partial charge >= 0.3 is 0 Å². The van der Waals surface area contributed by atoms with Crippen molar-refractivity contribution >= 4 is 21.4 Å². The van der Waals surface area contributed by atoms with Crippen LogP contribution in [0.2, 0.25) is 0 Å². The molecule has 0 bridgehead atoms. The first-order valence-electron chi connectivity index (χ1n) is 5.64. The SMILES string of the molecule is Cc1ccc(F)cc1NS(=O)(=O)c1c(N)cccc1F. The maximum atomic E-state index is 13.7. The summed E-state index contributed by atoms with van der Waals surface area (Å²) in [7, 11) is -4.23. The van der Waals surface area contributed by atoms with E-state index in [2.05, 4.69) is 4.72 Å². The van der Waals surface area contributed by atoms with Gasteiger partial charge in [0.05, 0.1) is 11.4 Å². The number of hydrogen-bond acceptors (Lipinski definition) is 3. The molecule has 3 N–H and O–H groups in total. The number of halogens is 2. The maximum Gasteiger partial charge on any atom is 0.266 e. The number of nitrogens with two attached hydrogens (primary N) is 1. The Balaban J connectivity index is 2.49. The maximum absolute atomic E-state index is 13.7. The molecule has 0 amide bonds. The van der Waals surface area contributed by atoms with Gasteiger partial charge in [-0.3, -0.25) is 4.72 Å². The highest BCUT2D eigenvalue weighted by molar-refractivity contribution is 7.92. The number of benzene rings is 2. The zero-order valence-electron chi connectivity index (χ0n) is 10.5. The number of aryl methyl sites for hydroxylation is 1. The van der Waals surface area contributed by atoms with Crippen LogP contribution in [0, 0.1) is 18.6 Å².